The number of sulfonamides is 1. The van der Waals surface area contributed by atoms with Gasteiger partial charge in [0.1, 0.15) is 22.4 Å². The van der Waals surface area contributed by atoms with Crippen LogP contribution < -0.4 is 4.74 Å². The minimum Gasteiger partial charge on any atom is -0.487 e. The number of carbonyl (C=O) groups is 1. The lowest BCUT2D eigenvalue weighted by Gasteiger charge is -2.37. The Bertz CT molecular complexity index is 1320. The van der Waals surface area contributed by atoms with Gasteiger partial charge in [-0.25, -0.2) is 8.42 Å². The molecule has 9 nitrogen and oxygen atoms in total. The van der Waals surface area contributed by atoms with Crippen molar-refractivity contribution in [3.05, 3.63) is 53.9 Å². The van der Waals surface area contributed by atoms with Crippen LogP contribution in [0, 0.1) is 17.8 Å². The van der Waals surface area contributed by atoms with Crippen molar-refractivity contribution in [1.29, 1.82) is 0 Å². The Morgan fingerprint density at radius 3 is 2.71 bits per heavy atom. The first-order valence-corrected chi connectivity index (χ1v) is 14.3. The van der Waals surface area contributed by atoms with Gasteiger partial charge in [0.15, 0.2) is 0 Å². The van der Waals surface area contributed by atoms with Gasteiger partial charge in [-0.2, -0.15) is 4.31 Å². The number of benzene rings is 1. The van der Waals surface area contributed by atoms with Gasteiger partial charge < -0.3 is 19.8 Å². The highest BCUT2D eigenvalue weighted by Crippen LogP contribution is 2.34. The third-order valence-corrected chi connectivity index (χ3v) is 9.27. The van der Waals surface area contributed by atoms with E-state index in [2.05, 4.69) is 16.8 Å². The summed E-state index contributed by atoms with van der Waals surface area (Å²) in [7, 11) is -2.33. The second-order valence-corrected chi connectivity index (χ2v) is 12.2. The number of hydrogen-bond donors (Lipinski definition) is 2. The molecule has 2 aliphatic rings. The maximum atomic E-state index is 13.7. The molecule has 2 N–H and O–H groups in total. The first kappa shape index (κ1) is 28.0. The van der Waals surface area contributed by atoms with Crippen molar-refractivity contribution in [1.82, 2.24) is 14.2 Å². The molecule has 204 valence electrons. The van der Waals surface area contributed by atoms with Crippen LogP contribution in [-0.4, -0.2) is 83.2 Å². The largest absolute Gasteiger partial charge is 0.487 e. The molecule has 1 aliphatic heterocycles. The lowest BCUT2D eigenvalue weighted by molar-refractivity contribution is 0.0563. The van der Waals surface area contributed by atoms with Gasteiger partial charge in [0.2, 0.25) is 10.0 Å². The van der Waals surface area contributed by atoms with E-state index in [-0.39, 0.29) is 42.2 Å². The Hall–Kier alpha value is -2.97. The van der Waals surface area contributed by atoms with Crippen molar-refractivity contribution >= 4 is 15.9 Å². The standard InChI is InChI=1S/C28H35N3O6S/c1-20-17-31(21(2)19-32)38(35,36)26-9-8-22(10-13-28(34)11-4-5-12-28)15-24(26)37-25(20)18-30(3)27(33)23-7-6-14-29-16-23/h6-9,14-16,20-21,25,32,34H,4-5,11-12,17-19H2,1-3H3/t20-,21+,25+/m0/s1. The van der Waals surface area contributed by atoms with E-state index in [1.165, 1.54) is 21.5 Å². The van der Waals surface area contributed by atoms with Gasteiger partial charge in [0, 0.05) is 43.5 Å². The first-order chi connectivity index (χ1) is 18.0. The van der Waals surface area contributed by atoms with Crippen LogP contribution in [0.25, 0.3) is 0 Å². The molecule has 1 aromatic carbocycles. The number of hydrogen-bond acceptors (Lipinski definition) is 7. The van der Waals surface area contributed by atoms with Gasteiger partial charge in [-0.3, -0.25) is 9.78 Å². The van der Waals surface area contributed by atoms with Crippen LogP contribution in [0.2, 0.25) is 0 Å². The van der Waals surface area contributed by atoms with Crippen LogP contribution in [0.1, 0.15) is 55.5 Å². The summed E-state index contributed by atoms with van der Waals surface area (Å²) in [5.41, 5.74) is -0.0704. The van der Waals surface area contributed by atoms with Crippen LogP contribution in [0.5, 0.6) is 5.75 Å². The van der Waals surface area contributed by atoms with E-state index in [1.54, 1.807) is 44.4 Å². The molecule has 10 heteroatoms. The van der Waals surface area contributed by atoms with Crippen LogP contribution in [-0.2, 0) is 10.0 Å². The molecule has 1 fully saturated rings. The molecule has 1 amide bonds. The van der Waals surface area contributed by atoms with Crippen molar-refractivity contribution in [2.24, 2.45) is 5.92 Å². The van der Waals surface area contributed by atoms with Crippen LogP contribution >= 0.6 is 0 Å². The van der Waals surface area contributed by atoms with Crippen molar-refractivity contribution in [2.45, 2.75) is 62.2 Å². The van der Waals surface area contributed by atoms with E-state index in [0.29, 0.717) is 24.0 Å². The highest BCUT2D eigenvalue weighted by atomic mass is 32.2. The quantitative estimate of drug-likeness (QED) is 0.557. The number of fused-ring (bicyclic) bond motifs is 1. The van der Waals surface area contributed by atoms with Gasteiger partial charge in [-0.05, 0) is 62.9 Å². The fourth-order valence-corrected chi connectivity index (χ4v) is 6.68. The monoisotopic (exact) mass is 541 g/mol. The van der Waals surface area contributed by atoms with E-state index < -0.39 is 27.8 Å². The number of aliphatic hydroxyl groups is 2. The maximum absolute atomic E-state index is 13.7. The first-order valence-electron chi connectivity index (χ1n) is 12.9. The van der Waals surface area contributed by atoms with Crippen LogP contribution in [0.4, 0.5) is 0 Å². The summed E-state index contributed by atoms with van der Waals surface area (Å²) >= 11 is 0. The fourth-order valence-electron chi connectivity index (χ4n) is 4.86. The molecule has 0 bridgehead atoms. The van der Waals surface area contributed by atoms with E-state index in [9.17, 15) is 23.4 Å². The van der Waals surface area contributed by atoms with Crippen molar-refractivity contribution in [3.63, 3.8) is 0 Å². The van der Waals surface area contributed by atoms with E-state index in [1.807, 2.05) is 6.92 Å². The number of rotatable bonds is 5. The number of likely N-dealkylation sites (N-methyl/N-ethyl adjacent to an activating group) is 1. The average molecular weight is 542 g/mol. The molecule has 4 rings (SSSR count). The Kier molecular flexibility index (Phi) is 8.43. The van der Waals surface area contributed by atoms with Gasteiger partial charge in [-0.1, -0.05) is 18.8 Å². The summed E-state index contributed by atoms with van der Waals surface area (Å²) in [6, 6.07) is 7.36. The number of pyridine rings is 1. The number of amides is 1. The van der Waals surface area contributed by atoms with Crippen molar-refractivity contribution in [2.75, 3.05) is 26.7 Å². The number of nitrogens with zero attached hydrogens (tertiary/aromatic N) is 3. The van der Waals surface area contributed by atoms with Gasteiger partial charge in [0.25, 0.3) is 5.91 Å². The average Bonchev–Trinajstić information content (AvgIpc) is 3.35. The number of carbonyl (C=O) groups excluding carboxylic acids is 1. The zero-order valence-corrected chi connectivity index (χ0v) is 22.8. The van der Waals surface area contributed by atoms with Crippen LogP contribution in [0.3, 0.4) is 0 Å². The molecular formula is C28H35N3O6S. The van der Waals surface area contributed by atoms with Gasteiger partial charge in [-0.15, -0.1) is 0 Å². The molecule has 1 aliphatic carbocycles. The lowest BCUT2D eigenvalue weighted by Crippen LogP contribution is -2.50. The normalized spacial score (nSPS) is 23.1. The third kappa shape index (κ3) is 6.02. The van der Waals surface area contributed by atoms with E-state index in [0.717, 1.165) is 12.8 Å². The fraction of sp³-hybridized carbons (Fsp3) is 0.500. The number of ether oxygens (including phenoxy) is 1. The highest BCUT2D eigenvalue weighted by molar-refractivity contribution is 7.89. The molecule has 0 radical (unpaired) electrons. The number of aliphatic hydroxyl groups excluding tert-OH is 1. The molecule has 2 heterocycles. The second kappa shape index (κ2) is 11.4. The predicted molar refractivity (Wildman–Crippen MR) is 142 cm³/mol. The van der Waals surface area contributed by atoms with Crippen molar-refractivity contribution in [3.8, 4) is 17.6 Å². The minimum absolute atomic E-state index is 0.0268. The molecule has 1 aromatic heterocycles. The zero-order valence-electron chi connectivity index (χ0n) is 22.0. The molecule has 0 saturated heterocycles. The summed E-state index contributed by atoms with van der Waals surface area (Å²) < 4.78 is 34.9. The second-order valence-electron chi connectivity index (χ2n) is 10.3. The Labute approximate surface area is 224 Å². The molecule has 0 spiro atoms. The smallest absolute Gasteiger partial charge is 0.255 e. The van der Waals surface area contributed by atoms with Gasteiger partial charge in [0.05, 0.1) is 18.7 Å². The summed E-state index contributed by atoms with van der Waals surface area (Å²) in [5, 5.41) is 20.5. The molecule has 3 atom stereocenters. The Balaban J connectivity index is 1.71. The third-order valence-electron chi connectivity index (χ3n) is 7.25. The molecule has 2 aromatic rings. The van der Waals surface area contributed by atoms with Crippen molar-refractivity contribution < 1.29 is 28.2 Å². The SMILES string of the molecule is C[C@H](CO)N1C[C@H](C)[C@@H](CN(C)C(=O)c2cccnc2)Oc2cc(C#CC3(O)CCCC3)ccc2S1(=O)=O. The lowest BCUT2D eigenvalue weighted by atomic mass is 10.0. The summed E-state index contributed by atoms with van der Waals surface area (Å²) in [6.45, 7) is 3.49. The molecular weight excluding hydrogens is 506 g/mol. The highest BCUT2D eigenvalue weighted by Gasteiger charge is 2.38. The van der Waals surface area contributed by atoms with Crippen LogP contribution in [0.15, 0.2) is 47.6 Å². The summed E-state index contributed by atoms with van der Waals surface area (Å²) in [5.74, 6) is 5.53. The predicted octanol–water partition coefficient (Wildman–Crippen LogP) is 2.28. The molecule has 0 unspecified atom stereocenters. The Morgan fingerprint density at radius 1 is 1.32 bits per heavy atom. The number of aromatic nitrogens is 1. The van der Waals surface area contributed by atoms with Gasteiger partial charge >= 0.3 is 0 Å². The van der Waals surface area contributed by atoms with E-state index >= 15 is 0 Å². The molecule has 38 heavy (non-hydrogen) atoms. The summed E-state index contributed by atoms with van der Waals surface area (Å²) in [6.07, 6.45) is 5.60. The topological polar surface area (TPSA) is 120 Å². The zero-order chi connectivity index (χ0) is 27.5. The minimum atomic E-state index is -4.00. The molecule has 1 saturated carbocycles. The maximum Gasteiger partial charge on any atom is 0.255 e. The summed E-state index contributed by atoms with van der Waals surface area (Å²) in [4.78, 5) is 18.5. The van der Waals surface area contributed by atoms with E-state index in [4.69, 9.17) is 4.74 Å². The Morgan fingerprint density at radius 2 is 2.05 bits per heavy atom.